The van der Waals surface area contributed by atoms with Gasteiger partial charge in [0.05, 0.1) is 49.9 Å². The van der Waals surface area contributed by atoms with Gasteiger partial charge >= 0.3 is 18.0 Å². The first-order valence-corrected chi connectivity index (χ1v) is 12.8. The highest BCUT2D eigenvalue weighted by atomic mass is 32.1. The van der Waals surface area contributed by atoms with Crippen molar-refractivity contribution in [1.82, 2.24) is 19.2 Å². The summed E-state index contributed by atoms with van der Waals surface area (Å²) < 4.78 is 51.0. The maximum Gasteiger partial charge on any atom is 0.426 e. The van der Waals surface area contributed by atoms with Gasteiger partial charge in [0, 0.05) is 24.6 Å². The van der Waals surface area contributed by atoms with Gasteiger partial charge in [0.1, 0.15) is 4.83 Å². The zero-order valence-electron chi connectivity index (χ0n) is 22.6. The van der Waals surface area contributed by atoms with Gasteiger partial charge in [-0.05, 0) is 40.2 Å². The SMILES string of the molecule is CCOC=CC(=O)N(Cc1sc2c(c1C)c(=O)n(CCOC)c(=O)n2CCC(F)(F)F)N(C(=O)O)C(C)(C)C. The Labute approximate surface area is 226 Å². The molecular formula is C24H33F3N4O7S. The fourth-order valence-corrected chi connectivity index (χ4v) is 5.13. The van der Waals surface area contributed by atoms with E-state index in [1.165, 1.54) is 14.0 Å². The fraction of sp³-hybridized carbons (Fsp3) is 0.583. The quantitative estimate of drug-likeness (QED) is 0.259. The summed E-state index contributed by atoms with van der Waals surface area (Å²) in [5.41, 5.74) is -2.39. The van der Waals surface area contributed by atoms with Crippen molar-refractivity contribution in [2.45, 2.75) is 72.4 Å². The number of aryl methyl sites for hydroxylation is 2. The highest BCUT2D eigenvalue weighted by Gasteiger charge is 2.36. The van der Waals surface area contributed by atoms with E-state index in [0.29, 0.717) is 10.4 Å². The van der Waals surface area contributed by atoms with Gasteiger partial charge in [-0.25, -0.2) is 19.6 Å². The molecule has 15 heteroatoms. The largest absolute Gasteiger partial charge is 0.501 e. The van der Waals surface area contributed by atoms with Crippen molar-refractivity contribution in [3.8, 4) is 0 Å². The normalized spacial score (nSPS) is 12.3. The lowest BCUT2D eigenvalue weighted by atomic mass is 10.1. The van der Waals surface area contributed by atoms with E-state index in [9.17, 15) is 37.5 Å². The smallest absolute Gasteiger partial charge is 0.426 e. The van der Waals surface area contributed by atoms with Gasteiger partial charge in [-0.2, -0.15) is 13.2 Å². The Morgan fingerprint density at radius 2 is 1.77 bits per heavy atom. The Bertz CT molecular complexity index is 1340. The number of fused-ring (bicyclic) bond motifs is 1. The van der Waals surface area contributed by atoms with Gasteiger partial charge in [0.2, 0.25) is 0 Å². The molecule has 0 bridgehead atoms. The third-order valence-corrected chi connectivity index (χ3v) is 6.91. The minimum atomic E-state index is -4.56. The number of carbonyl (C=O) groups is 2. The molecule has 2 heterocycles. The number of ether oxygens (including phenoxy) is 2. The molecule has 0 atom stereocenters. The van der Waals surface area contributed by atoms with Crippen molar-refractivity contribution in [3.05, 3.63) is 43.6 Å². The molecule has 2 rings (SSSR count). The van der Waals surface area contributed by atoms with Crippen molar-refractivity contribution in [2.75, 3.05) is 20.3 Å². The lowest BCUT2D eigenvalue weighted by molar-refractivity contribution is -0.149. The number of rotatable bonds is 10. The van der Waals surface area contributed by atoms with Crippen molar-refractivity contribution in [2.24, 2.45) is 0 Å². The number of hydrogen-bond acceptors (Lipinski definition) is 7. The van der Waals surface area contributed by atoms with E-state index >= 15 is 0 Å². The molecule has 2 aromatic heterocycles. The predicted molar refractivity (Wildman–Crippen MR) is 139 cm³/mol. The van der Waals surface area contributed by atoms with Crippen LogP contribution < -0.4 is 11.2 Å². The Morgan fingerprint density at radius 3 is 2.28 bits per heavy atom. The third-order valence-electron chi connectivity index (χ3n) is 5.61. The number of aromatic nitrogens is 2. The number of thiophene rings is 1. The summed E-state index contributed by atoms with van der Waals surface area (Å²) in [6.45, 7) is 6.97. The Kier molecular flexibility index (Phi) is 10.4. The molecule has 0 saturated carbocycles. The number of methoxy groups -OCH3 is 1. The summed E-state index contributed by atoms with van der Waals surface area (Å²) in [5.74, 6) is -0.746. The second-order valence-corrected chi connectivity index (χ2v) is 10.6. The molecule has 0 saturated heterocycles. The lowest BCUT2D eigenvalue weighted by Gasteiger charge is -2.40. The first-order chi connectivity index (χ1) is 18.0. The predicted octanol–water partition coefficient (Wildman–Crippen LogP) is 3.70. The number of amides is 2. The van der Waals surface area contributed by atoms with Crippen LogP contribution in [-0.4, -0.2) is 68.3 Å². The molecule has 11 nitrogen and oxygen atoms in total. The van der Waals surface area contributed by atoms with E-state index < -0.39 is 47.9 Å². The molecular weight excluding hydrogens is 545 g/mol. The summed E-state index contributed by atoms with van der Waals surface area (Å²) in [5, 5.41) is 11.7. The molecule has 2 amide bonds. The van der Waals surface area contributed by atoms with Crippen LogP contribution in [0.3, 0.4) is 0 Å². The zero-order chi connectivity index (χ0) is 29.7. The summed E-state index contributed by atoms with van der Waals surface area (Å²) in [7, 11) is 1.36. The van der Waals surface area contributed by atoms with E-state index in [1.54, 1.807) is 27.7 Å². The van der Waals surface area contributed by atoms with Crippen LogP contribution in [0, 0.1) is 6.92 Å². The first-order valence-electron chi connectivity index (χ1n) is 12.0. The number of carbonyl (C=O) groups excluding carboxylic acids is 1. The van der Waals surface area contributed by atoms with Gasteiger partial charge in [-0.15, -0.1) is 11.3 Å². The number of hydrogen-bond donors (Lipinski definition) is 1. The highest BCUT2D eigenvalue weighted by Crippen LogP contribution is 2.31. The Hall–Kier alpha value is -3.33. The molecule has 39 heavy (non-hydrogen) atoms. The van der Waals surface area contributed by atoms with Gasteiger partial charge in [0.25, 0.3) is 11.5 Å². The first kappa shape index (κ1) is 31.9. The highest BCUT2D eigenvalue weighted by molar-refractivity contribution is 7.18. The van der Waals surface area contributed by atoms with Crippen LogP contribution in [0.2, 0.25) is 0 Å². The molecule has 0 unspecified atom stereocenters. The molecule has 1 N–H and O–H groups in total. The van der Waals surface area contributed by atoms with Crippen LogP contribution in [-0.2, 0) is 33.9 Å². The Morgan fingerprint density at radius 1 is 1.13 bits per heavy atom. The topological polar surface area (TPSA) is 123 Å². The molecule has 0 aliphatic carbocycles. The second-order valence-electron chi connectivity index (χ2n) is 9.50. The van der Waals surface area contributed by atoms with Crippen LogP contribution in [0.25, 0.3) is 10.2 Å². The zero-order valence-corrected chi connectivity index (χ0v) is 23.4. The maximum atomic E-state index is 13.3. The van der Waals surface area contributed by atoms with E-state index in [2.05, 4.69) is 0 Å². The van der Waals surface area contributed by atoms with Crippen LogP contribution in [0.1, 0.15) is 44.6 Å². The maximum absolute atomic E-state index is 13.3. The number of hydrazine groups is 1. The standard InChI is InChI=1S/C24H33F3N4O7S/c1-7-38-12-8-17(32)30(31(22(35)36)23(3,4)5)14-16-15(2)18-19(33)28(11-13-37-6)21(34)29(20(18)39-16)10-9-24(25,26)27/h8,12H,7,9-11,13-14H2,1-6H3,(H,35,36). The van der Waals surface area contributed by atoms with Crippen LogP contribution in [0.4, 0.5) is 18.0 Å². The molecule has 0 radical (unpaired) electrons. The molecule has 0 aliphatic heterocycles. The van der Waals surface area contributed by atoms with Gasteiger partial charge in [-0.1, -0.05) is 0 Å². The Balaban J connectivity index is 2.78. The lowest BCUT2D eigenvalue weighted by Crippen LogP contribution is -2.57. The number of nitrogens with zero attached hydrogens (tertiary/aromatic N) is 4. The third kappa shape index (κ3) is 7.62. The molecule has 0 aliphatic rings. The molecule has 0 spiro atoms. The van der Waals surface area contributed by atoms with E-state index in [-0.39, 0.29) is 36.5 Å². The monoisotopic (exact) mass is 578 g/mol. The van der Waals surface area contributed by atoms with Crippen molar-refractivity contribution in [3.63, 3.8) is 0 Å². The molecule has 218 valence electrons. The van der Waals surface area contributed by atoms with E-state index in [1.807, 2.05) is 0 Å². The van der Waals surface area contributed by atoms with Crippen LogP contribution >= 0.6 is 11.3 Å². The second kappa shape index (κ2) is 12.7. The fourth-order valence-electron chi connectivity index (χ4n) is 3.83. The van der Waals surface area contributed by atoms with E-state index in [4.69, 9.17) is 9.47 Å². The van der Waals surface area contributed by atoms with Gasteiger partial charge in [-0.3, -0.25) is 18.7 Å². The summed E-state index contributed by atoms with van der Waals surface area (Å²) >= 11 is 0.858. The van der Waals surface area contributed by atoms with Crippen LogP contribution in [0.15, 0.2) is 21.9 Å². The minimum Gasteiger partial charge on any atom is -0.501 e. The molecule has 2 aromatic rings. The van der Waals surface area contributed by atoms with E-state index in [0.717, 1.165) is 42.8 Å². The van der Waals surface area contributed by atoms with Gasteiger partial charge < -0.3 is 14.6 Å². The van der Waals surface area contributed by atoms with Crippen molar-refractivity contribution >= 4 is 33.6 Å². The molecule has 0 aromatic carbocycles. The summed E-state index contributed by atoms with van der Waals surface area (Å²) in [6.07, 6.45) is -5.12. The number of alkyl halides is 3. The average molecular weight is 579 g/mol. The number of carboxylic acid groups (broad SMARTS) is 1. The van der Waals surface area contributed by atoms with Crippen LogP contribution in [0.5, 0.6) is 0 Å². The van der Waals surface area contributed by atoms with Crippen molar-refractivity contribution < 1.29 is 37.3 Å². The van der Waals surface area contributed by atoms with Crippen molar-refractivity contribution in [1.29, 1.82) is 0 Å². The number of halogens is 3. The summed E-state index contributed by atoms with van der Waals surface area (Å²) in [6, 6.07) is 0. The summed E-state index contributed by atoms with van der Waals surface area (Å²) in [4.78, 5) is 52.0. The molecule has 0 fully saturated rings. The van der Waals surface area contributed by atoms with Gasteiger partial charge in [0.15, 0.2) is 0 Å². The average Bonchev–Trinajstić information content (AvgIpc) is 3.12. The minimum absolute atomic E-state index is 0.00491.